The minimum atomic E-state index is -0.0457. The van der Waals surface area contributed by atoms with E-state index in [1.165, 1.54) is 0 Å². The number of nitrogens with one attached hydrogen (secondary N) is 1. The number of anilines is 2. The standard InChI is InChI=1S/C15H25N3O2/c1-11(2)10-20-8-7-17-14-9-12(16)5-6-13(14)15(19)18(3)4/h5-6,9,11,17H,7-8,10,16H2,1-4H3. The molecule has 0 unspecified atom stereocenters. The van der Waals surface area contributed by atoms with Crippen molar-refractivity contribution >= 4 is 17.3 Å². The molecule has 0 saturated heterocycles. The number of ether oxygens (including phenoxy) is 1. The molecule has 1 amide bonds. The highest BCUT2D eigenvalue weighted by atomic mass is 16.5. The zero-order chi connectivity index (χ0) is 15.1. The van der Waals surface area contributed by atoms with Gasteiger partial charge in [0.1, 0.15) is 0 Å². The molecule has 0 bridgehead atoms. The Kier molecular flexibility index (Phi) is 6.31. The summed E-state index contributed by atoms with van der Waals surface area (Å²) in [5, 5.41) is 3.21. The third kappa shape index (κ3) is 5.09. The van der Waals surface area contributed by atoms with Crippen molar-refractivity contribution < 1.29 is 9.53 Å². The van der Waals surface area contributed by atoms with Gasteiger partial charge in [0.15, 0.2) is 0 Å². The van der Waals surface area contributed by atoms with Gasteiger partial charge in [0.25, 0.3) is 5.91 Å². The third-order valence-electron chi connectivity index (χ3n) is 2.69. The van der Waals surface area contributed by atoms with Crippen molar-refractivity contribution in [1.82, 2.24) is 4.90 Å². The number of benzene rings is 1. The zero-order valence-corrected chi connectivity index (χ0v) is 12.8. The van der Waals surface area contributed by atoms with Crippen LogP contribution in [0.25, 0.3) is 0 Å². The normalized spacial score (nSPS) is 10.7. The fourth-order valence-electron chi connectivity index (χ4n) is 1.71. The van der Waals surface area contributed by atoms with Crippen LogP contribution in [0.3, 0.4) is 0 Å². The first-order valence-corrected chi connectivity index (χ1v) is 6.84. The number of hydrogen-bond donors (Lipinski definition) is 2. The highest BCUT2D eigenvalue weighted by molar-refractivity contribution is 5.99. The van der Waals surface area contributed by atoms with Gasteiger partial charge < -0.3 is 20.7 Å². The van der Waals surface area contributed by atoms with Gasteiger partial charge in [0.2, 0.25) is 0 Å². The van der Waals surface area contributed by atoms with Gasteiger partial charge in [0.05, 0.1) is 12.2 Å². The summed E-state index contributed by atoms with van der Waals surface area (Å²) in [6, 6.07) is 5.26. The number of nitrogens with zero attached hydrogens (tertiary/aromatic N) is 1. The topological polar surface area (TPSA) is 67.6 Å². The van der Waals surface area contributed by atoms with Crippen molar-refractivity contribution in [1.29, 1.82) is 0 Å². The summed E-state index contributed by atoms with van der Waals surface area (Å²) in [6.07, 6.45) is 0. The van der Waals surface area contributed by atoms with Crippen LogP contribution in [0.1, 0.15) is 24.2 Å². The van der Waals surface area contributed by atoms with E-state index in [0.29, 0.717) is 30.3 Å². The van der Waals surface area contributed by atoms with Crippen molar-refractivity contribution in [2.24, 2.45) is 5.92 Å². The lowest BCUT2D eigenvalue weighted by molar-refractivity contribution is 0.0828. The maximum Gasteiger partial charge on any atom is 0.255 e. The summed E-state index contributed by atoms with van der Waals surface area (Å²) in [4.78, 5) is 13.6. The number of amides is 1. The molecule has 1 aromatic rings. The van der Waals surface area contributed by atoms with Crippen LogP contribution in [-0.4, -0.2) is 44.7 Å². The Balaban J connectivity index is 2.63. The summed E-state index contributed by atoms with van der Waals surface area (Å²) in [5.74, 6) is 0.476. The van der Waals surface area contributed by atoms with Crippen molar-refractivity contribution in [3.63, 3.8) is 0 Å². The van der Waals surface area contributed by atoms with Crippen molar-refractivity contribution in [2.75, 3.05) is 44.9 Å². The molecule has 0 aliphatic carbocycles. The molecular formula is C15H25N3O2. The lowest BCUT2D eigenvalue weighted by Crippen LogP contribution is -2.23. The largest absolute Gasteiger partial charge is 0.399 e. The predicted octanol–water partition coefficient (Wildman–Crippen LogP) is 2.06. The van der Waals surface area contributed by atoms with Gasteiger partial charge in [-0.25, -0.2) is 0 Å². The lowest BCUT2D eigenvalue weighted by Gasteiger charge is -2.16. The average Bonchev–Trinajstić information content (AvgIpc) is 2.37. The molecule has 112 valence electrons. The van der Waals surface area contributed by atoms with Gasteiger partial charge in [-0.3, -0.25) is 4.79 Å². The van der Waals surface area contributed by atoms with E-state index in [0.717, 1.165) is 12.3 Å². The Morgan fingerprint density at radius 1 is 1.40 bits per heavy atom. The van der Waals surface area contributed by atoms with Crippen LogP contribution in [0.5, 0.6) is 0 Å². The van der Waals surface area contributed by atoms with Gasteiger partial charge in [0, 0.05) is 38.6 Å². The summed E-state index contributed by atoms with van der Waals surface area (Å²) in [5.41, 5.74) is 7.77. The number of carbonyl (C=O) groups excluding carboxylic acids is 1. The molecule has 3 N–H and O–H groups in total. The van der Waals surface area contributed by atoms with Crippen LogP contribution in [0.4, 0.5) is 11.4 Å². The van der Waals surface area contributed by atoms with Crippen LogP contribution < -0.4 is 11.1 Å². The van der Waals surface area contributed by atoms with Crippen LogP contribution in [0.15, 0.2) is 18.2 Å². The molecule has 0 fully saturated rings. The molecule has 0 spiro atoms. The van der Waals surface area contributed by atoms with Gasteiger partial charge in [-0.1, -0.05) is 13.8 Å². The van der Waals surface area contributed by atoms with E-state index in [9.17, 15) is 4.79 Å². The first-order chi connectivity index (χ1) is 9.41. The number of nitrogens with two attached hydrogens (primary N) is 1. The molecule has 0 atom stereocenters. The average molecular weight is 279 g/mol. The van der Waals surface area contributed by atoms with Crippen molar-refractivity contribution in [3.05, 3.63) is 23.8 Å². The summed E-state index contributed by atoms with van der Waals surface area (Å²) >= 11 is 0. The van der Waals surface area contributed by atoms with Gasteiger partial charge >= 0.3 is 0 Å². The molecule has 20 heavy (non-hydrogen) atoms. The molecular weight excluding hydrogens is 254 g/mol. The first kappa shape index (κ1) is 16.3. The quantitative estimate of drug-likeness (QED) is 0.592. The van der Waals surface area contributed by atoms with Crippen molar-refractivity contribution in [2.45, 2.75) is 13.8 Å². The minimum Gasteiger partial charge on any atom is -0.399 e. The van der Waals surface area contributed by atoms with Gasteiger partial charge in [-0.05, 0) is 24.1 Å². The van der Waals surface area contributed by atoms with Crippen LogP contribution >= 0.6 is 0 Å². The summed E-state index contributed by atoms with van der Waals surface area (Å²) < 4.78 is 5.51. The Labute approximate surface area is 121 Å². The minimum absolute atomic E-state index is 0.0457. The monoisotopic (exact) mass is 279 g/mol. The van der Waals surface area contributed by atoms with E-state index >= 15 is 0 Å². The fraction of sp³-hybridized carbons (Fsp3) is 0.533. The van der Waals surface area contributed by atoms with Crippen LogP contribution in [0, 0.1) is 5.92 Å². The third-order valence-corrected chi connectivity index (χ3v) is 2.69. The molecule has 1 rings (SSSR count). The van der Waals surface area contributed by atoms with E-state index in [4.69, 9.17) is 10.5 Å². The fourth-order valence-corrected chi connectivity index (χ4v) is 1.71. The Bertz CT molecular complexity index is 445. The molecule has 0 aliphatic rings. The number of nitrogen functional groups attached to an aromatic ring is 1. The Morgan fingerprint density at radius 3 is 2.70 bits per heavy atom. The molecule has 0 saturated carbocycles. The SMILES string of the molecule is CC(C)COCCNc1cc(N)ccc1C(=O)N(C)C. The van der Waals surface area contributed by atoms with E-state index in [-0.39, 0.29) is 5.91 Å². The first-order valence-electron chi connectivity index (χ1n) is 6.84. The van der Waals surface area contributed by atoms with Crippen LogP contribution in [-0.2, 0) is 4.74 Å². The second-order valence-corrected chi connectivity index (χ2v) is 5.40. The van der Waals surface area contributed by atoms with Gasteiger partial charge in [-0.2, -0.15) is 0 Å². The van der Waals surface area contributed by atoms with E-state index in [1.54, 1.807) is 37.2 Å². The molecule has 0 heterocycles. The lowest BCUT2D eigenvalue weighted by atomic mass is 10.1. The number of rotatable bonds is 7. The van der Waals surface area contributed by atoms with Crippen molar-refractivity contribution in [3.8, 4) is 0 Å². The Morgan fingerprint density at radius 2 is 2.10 bits per heavy atom. The van der Waals surface area contributed by atoms with Crippen LogP contribution in [0.2, 0.25) is 0 Å². The molecule has 5 nitrogen and oxygen atoms in total. The van der Waals surface area contributed by atoms with E-state index < -0.39 is 0 Å². The molecule has 0 aliphatic heterocycles. The number of carbonyl (C=O) groups is 1. The van der Waals surface area contributed by atoms with E-state index in [1.807, 2.05) is 0 Å². The molecule has 1 aromatic carbocycles. The molecule has 0 aromatic heterocycles. The maximum atomic E-state index is 12.1. The highest BCUT2D eigenvalue weighted by Crippen LogP contribution is 2.20. The number of hydrogen-bond acceptors (Lipinski definition) is 4. The maximum absolute atomic E-state index is 12.1. The smallest absolute Gasteiger partial charge is 0.255 e. The predicted molar refractivity (Wildman–Crippen MR) is 83.0 cm³/mol. The van der Waals surface area contributed by atoms with E-state index in [2.05, 4.69) is 19.2 Å². The second kappa shape index (κ2) is 7.75. The second-order valence-electron chi connectivity index (χ2n) is 5.40. The highest BCUT2D eigenvalue weighted by Gasteiger charge is 2.13. The van der Waals surface area contributed by atoms with Gasteiger partial charge in [-0.15, -0.1) is 0 Å². The zero-order valence-electron chi connectivity index (χ0n) is 12.8. The summed E-state index contributed by atoms with van der Waals surface area (Å²) in [7, 11) is 3.46. The summed E-state index contributed by atoms with van der Waals surface area (Å²) in [6.45, 7) is 6.20. The Hall–Kier alpha value is -1.75. The molecule has 5 heteroatoms. The molecule has 0 radical (unpaired) electrons.